The van der Waals surface area contributed by atoms with Crippen LogP contribution < -0.4 is 0 Å². The third-order valence-corrected chi connectivity index (χ3v) is 5.43. The van der Waals surface area contributed by atoms with Gasteiger partial charge in [-0.2, -0.15) is 0 Å². The van der Waals surface area contributed by atoms with Crippen molar-refractivity contribution in [1.82, 2.24) is 4.90 Å². The van der Waals surface area contributed by atoms with Crippen LogP contribution >= 0.6 is 0 Å². The lowest BCUT2D eigenvalue weighted by Gasteiger charge is -2.36. The summed E-state index contributed by atoms with van der Waals surface area (Å²) in [4.78, 5) is 25.7. The highest BCUT2D eigenvalue weighted by atomic mass is 16.4. The Morgan fingerprint density at radius 3 is 2.30 bits per heavy atom. The Kier molecular flexibility index (Phi) is 4.99. The van der Waals surface area contributed by atoms with E-state index in [1.54, 1.807) is 4.90 Å². The summed E-state index contributed by atoms with van der Waals surface area (Å²) in [5.74, 6) is -0.318. The zero-order valence-corrected chi connectivity index (χ0v) is 13.5. The highest BCUT2D eigenvalue weighted by Gasteiger charge is 2.33. The van der Waals surface area contributed by atoms with Gasteiger partial charge in [0.1, 0.15) is 0 Å². The van der Waals surface area contributed by atoms with Gasteiger partial charge in [-0.1, -0.05) is 30.3 Å². The molecule has 1 N–H and O–H groups in total. The molecule has 0 aromatic heterocycles. The lowest BCUT2D eigenvalue weighted by Crippen LogP contribution is -2.45. The molecular formula is C19H25NO3. The van der Waals surface area contributed by atoms with E-state index in [2.05, 4.69) is 24.3 Å². The van der Waals surface area contributed by atoms with Crippen molar-refractivity contribution in [3.8, 4) is 0 Å². The van der Waals surface area contributed by atoms with E-state index in [0.29, 0.717) is 18.9 Å². The average Bonchev–Trinajstić information content (AvgIpc) is 2.62. The minimum atomic E-state index is -0.768. The number of hydrogen-bond donors (Lipinski definition) is 1. The van der Waals surface area contributed by atoms with E-state index in [1.165, 1.54) is 5.56 Å². The quantitative estimate of drug-likeness (QED) is 0.931. The molecule has 4 heteroatoms. The number of nitrogens with zero attached hydrogens (tertiary/aromatic N) is 1. The normalized spacial score (nSPS) is 28.3. The molecule has 0 bridgehead atoms. The second-order valence-electron chi connectivity index (χ2n) is 6.92. The highest BCUT2D eigenvalue weighted by molar-refractivity contribution is 5.80. The summed E-state index contributed by atoms with van der Waals surface area (Å²) in [6.45, 7) is 1.12. The van der Waals surface area contributed by atoms with Crippen molar-refractivity contribution in [1.29, 1.82) is 0 Å². The van der Waals surface area contributed by atoms with Crippen molar-refractivity contribution in [2.24, 2.45) is 11.8 Å². The van der Waals surface area contributed by atoms with Crippen LogP contribution in [0.5, 0.6) is 0 Å². The minimum Gasteiger partial charge on any atom is -0.481 e. The van der Waals surface area contributed by atoms with Gasteiger partial charge >= 0.3 is 5.97 Å². The molecule has 1 aromatic rings. The first-order valence-electron chi connectivity index (χ1n) is 8.71. The van der Waals surface area contributed by atoms with Gasteiger partial charge < -0.3 is 10.0 Å². The molecule has 124 valence electrons. The molecule has 2 aliphatic rings. The number of piperidine rings is 1. The summed E-state index contributed by atoms with van der Waals surface area (Å²) in [5.41, 5.74) is 1.38. The van der Waals surface area contributed by atoms with Gasteiger partial charge in [-0.15, -0.1) is 0 Å². The Morgan fingerprint density at radius 2 is 1.65 bits per heavy atom. The Bertz CT molecular complexity index is 549. The van der Waals surface area contributed by atoms with Crippen molar-refractivity contribution >= 4 is 11.9 Å². The molecule has 0 spiro atoms. The van der Waals surface area contributed by atoms with Crippen molar-refractivity contribution in [3.05, 3.63) is 35.9 Å². The van der Waals surface area contributed by atoms with Gasteiger partial charge in [0, 0.05) is 19.0 Å². The fourth-order valence-electron chi connectivity index (χ4n) is 4.04. The minimum absolute atomic E-state index is 0.0857. The van der Waals surface area contributed by atoms with Crippen LogP contribution in [0.2, 0.25) is 0 Å². The molecule has 4 nitrogen and oxygen atoms in total. The number of carboxylic acid groups (broad SMARTS) is 1. The first kappa shape index (κ1) is 16.0. The molecule has 1 saturated carbocycles. The smallest absolute Gasteiger partial charge is 0.308 e. The topological polar surface area (TPSA) is 57.6 Å². The maximum absolute atomic E-state index is 12.7. The van der Waals surface area contributed by atoms with E-state index in [-0.39, 0.29) is 17.7 Å². The van der Waals surface area contributed by atoms with Gasteiger partial charge in [-0.25, -0.2) is 0 Å². The Hall–Kier alpha value is -1.84. The predicted octanol–water partition coefficient (Wildman–Crippen LogP) is 3.28. The van der Waals surface area contributed by atoms with Crippen LogP contribution in [0, 0.1) is 11.8 Å². The first-order valence-corrected chi connectivity index (χ1v) is 8.71. The van der Waals surface area contributed by atoms with E-state index >= 15 is 0 Å². The number of hydrogen-bond acceptors (Lipinski definition) is 2. The molecule has 1 saturated heterocycles. The van der Waals surface area contributed by atoms with E-state index in [4.69, 9.17) is 0 Å². The molecule has 0 unspecified atom stereocenters. The summed E-state index contributed by atoms with van der Waals surface area (Å²) in [7, 11) is 0. The molecule has 1 aliphatic carbocycles. The van der Waals surface area contributed by atoms with E-state index in [9.17, 15) is 14.7 Å². The van der Waals surface area contributed by atoms with Gasteiger partial charge in [0.25, 0.3) is 0 Å². The summed E-state index contributed by atoms with van der Waals surface area (Å²) in [6.07, 6.45) is 5.45. The summed E-state index contributed by atoms with van der Waals surface area (Å²) in [6, 6.07) is 10.5. The van der Waals surface area contributed by atoms with Crippen molar-refractivity contribution < 1.29 is 14.7 Å². The van der Waals surface area contributed by atoms with Gasteiger partial charge in [-0.3, -0.25) is 9.59 Å². The largest absolute Gasteiger partial charge is 0.481 e. The highest BCUT2D eigenvalue weighted by Crippen LogP contribution is 2.36. The third-order valence-electron chi connectivity index (χ3n) is 5.43. The molecule has 2 fully saturated rings. The lowest BCUT2D eigenvalue weighted by atomic mass is 9.78. The fourth-order valence-corrected chi connectivity index (χ4v) is 4.04. The maximum atomic E-state index is 12.7. The van der Waals surface area contributed by atoms with Crippen LogP contribution in [0.15, 0.2) is 30.3 Å². The van der Waals surface area contributed by atoms with Gasteiger partial charge in [0.15, 0.2) is 0 Å². The van der Waals surface area contributed by atoms with Crippen LogP contribution in [-0.2, 0) is 9.59 Å². The van der Waals surface area contributed by atoms with Crippen LogP contribution in [-0.4, -0.2) is 35.0 Å². The molecule has 3 rings (SSSR count). The Morgan fingerprint density at radius 1 is 0.957 bits per heavy atom. The lowest BCUT2D eigenvalue weighted by molar-refractivity contribution is -0.147. The Labute approximate surface area is 137 Å². The molecule has 1 aromatic carbocycles. The van der Waals surface area contributed by atoms with E-state index < -0.39 is 5.97 Å². The third kappa shape index (κ3) is 3.74. The fraction of sp³-hybridized carbons (Fsp3) is 0.579. The Balaban J connectivity index is 1.55. The molecule has 23 heavy (non-hydrogen) atoms. The molecular weight excluding hydrogens is 290 g/mol. The number of benzene rings is 1. The number of carbonyl (C=O) groups excluding carboxylic acids is 1. The van der Waals surface area contributed by atoms with Gasteiger partial charge in [0.2, 0.25) is 5.91 Å². The summed E-state index contributed by atoms with van der Waals surface area (Å²) >= 11 is 0. The number of carbonyl (C=O) groups is 2. The van der Waals surface area contributed by atoms with Crippen LogP contribution in [0.3, 0.4) is 0 Å². The number of aliphatic carboxylic acids is 1. The van der Waals surface area contributed by atoms with Gasteiger partial charge in [0.05, 0.1) is 5.92 Å². The van der Waals surface area contributed by atoms with Crippen molar-refractivity contribution in [2.45, 2.75) is 44.4 Å². The van der Waals surface area contributed by atoms with Crippen LogP contribution in [0.4, 0.5) is 0 Å². The standard InChI is InChI=1S/C19H25NO3/c21-18(20-12-4-7-17(13-20)19(22)23)16-10-8-15(9-11-16)14-5-2-1-3-6-14/h1-3,5-6,15-17H,4,7-13H2,(H,22,23)/t15?,16?,17-/m1/s1. The summed E-state index contributed by atoms with van der Waals surface area (Å²) < 4.78 is 0. The predicted molar refractivity (Wildman–Crippen MR) is 88.1 cm³/mol. The van der Waals surface area contributed by atoms with Crippen LogP contribution in [0.25, 0.3) is 0 Å². The van der Waals surface area contributed by atoms with Crippen molar-refractivity contribution in [2.75, 3.05) is 13.1 Å². The molecule has 1 amide bonds. The number of likely N-dealkylation sites (tertiary alicyclic amines) is 1. The molecule has 1 atom stereocenters. The second kappa shape index (κ2) is 7.16. The summed E-state index contributed by atoms with van der Waals surface area (Å²) in [5, 5.41) is 9.17. The van der Waals surface area contributed by atoms with Crippen LogP contribution in [0.1, 0.15) is 50.0 Å². The molecule has 1 aliphatic heterocycles. The molecule has 0 radical (unpaired) electrons. The first-order chi connectivity index (χ1) is 11.1. The van der Waals surface area contributed by atoms with Crippen molar-refractivity contribution in [3.63, 3.8) is 0 Å². The average molecular weight is 315 g/mol. The van der Waals surface area contributed by atoms with E-state index in [0.717, 1.165) is 38.6 Å². The zero-order chi connectivity index (χ0) is 16.2. The zero-order valence-electron chi connectivity index (χ0n) is 13.5. The number of amides is 1. The SMILES string of the molecule is O=C(O)[C@@H]1CCCN(C(=O)C2CCC(c3ccccc3)CC2)C1. The second-order valence-corrected chi connectivity index (χ2v) is 6.92. The molecule has 1 heterocycles. The number of carboxylic acids is 1. The monoisotopic (exact) mass is 315 g/mol. The van der Waals surface area contributed by atoms with Gasteiger partial charge in [-0.05, 0) is 50.0 Å². The number of rotatable bonds is 3. The maximum Gasteiger partial charge on any atom is 0.308 e. The van der Waals surface area contributed by atoms with E-state index in [1.807, 2.05) is 6.07 Å².